The van der Waals surface area contributed by atoms with Gasteiger partial charge in [0.15, 0.2) is 5.15 Å². The first-order valence-corrected chi connectivity index (χ1v) is 7.44. The summed E-state index contributed by atoms with van der Waals surface area (Å²) >= 11 is 6.01. The Kier molecular flexibility index (Phi) is 4.29. The van der Waals surface area contributed by atoms with E-state index in [4.69, 9.17) is 22.1 Å². The average Bonchev–Trinajstić information content (AvgIpc) is 2.42. The molecule has 0 aromatic carbocycles. The van der Waals surface area contributed by atoms with Crippen LogP contribution in [0.3, 0.4) is 0 Å². The normalized spacial score (nSPS) is 27.0. The second-order valence-corrected chi connectivity index (χ2v) is 6.50. The first-order valence-electron chi connectivity index (χ1n) is 7.06. The molecule has 5 nitrogen and oxygen atoms in total. The van der Waals surface area contributed by atoms with Crippen molar-refractivity contribution >= 4 is 23.2 Å². The maximum atomic E-state index is 12.6. The maximum Gasteiger partial charge on any atom is 0.245 e. The highest BCUT2D eigenvalue weighted by molar-refractivity contribution is 6.32. The molecule has 1 aliphatic rings. The number of nitrogens with two attached hydrogens (primary N) is 1. The summed E-state index contributed by atoms with van der Waals surface area (Å²) in [6, 6.07) is 1.78. The molecular formula is C15H22ClN3O2. The summed E-state index contributed by atoms with van der Waals surface area (Å²) in [5.41, 5.74) is 6.32. The summed E-state index contributed by atoms with van der Waals surface area (Å²) in [7, 11) is 0. The van der Waals surface area contributed by atoms with Gasteiger partial charge in [-0.15, -0.1) is 0 Å². The highest BCUT2D eigenvalue weighted by atomic mass is 35.5. The van der Waals surface area contributed by atoms with Crippen LogP contribution in [-0.2, 0) is 9.53 Å². The molecule has 1 heterocycles. The maximum absolute atomic E-state index is 12.6. The van der Waals surface area contributed by atoms with Gasteiger partial charge in [-0.2, -0.15) is 0 Å². The molecule has 0 aliphatic heterocycles. The van der Waals surface area contributed by atoms with Crippen molar-refractivity contribution in [2.45, 2.75) is 45.8 Å². The van der Waals surface area contributed by atoms with Crippen LogP contribution in [0.15, 0.2) is 12.3 Å². The zero-order valence-electron chi connectivity index (χ0n) is 12.9. The number of ether oxygens (including phenoxy) is 1. The topological polar surface area (TPSA) is 77.2 Å². The first-order chi connectivity index (χ1) is 9.72. The molecule has 21 heavy (non-hydrogen) atoms. The Bertz CT molecular complexity index is 562. The highest BCUT2D eigenvalue weighted by Crippen LogP contribution is 2.50. The van der Waals surface area contributed by atoms with Gasteiger partial charge in [0.1, 0.15) is 5.54 Å². The number of anilines is 1. The van der Waals surface area contributed by atoms with E-state index in [1.165, 1.54) is 0 Å². The summed E-state index contributed by atoms with van der Waals surface area (Å²) in [4.78, 5) is 16.6. The van der Waals surface area contributed by atoms with Gasteiger partial charge in [0.25, 0.3) is 0 Å². The Morgan fingerprint density at radius 2 is 2.29 bits per heavy atom. The predicted octanol–water partition coefficient (Wildman–Crippen LogP) is 2.51. The molecule has 1 fully saturated rings. The zero-order chi connectivity index (χ0) is 15.8. The molecule has 1 aliphatic carbocycles. The summed E-state index contributed by atoms with van der Waals surface area (Å²) in [6.07, 6.45) is 2.13. The van der Waals surface area contributed by atoms with Crippen molar-refractivity contribution < 1.29 is 9.53 Å². The number of pyridine rings is 1. The van der Waals surface area contributed by atoms with Gasteiger partial charge in [0, 0.05) is 24.6 Å². The summed E-state index contributed by atoms with van der Waals surface area (Å²) in [6.45, 7) is 8.33. The van der Waals surface area contributed by atoms with Gasteiger partial charge in [-0.1, -0.05) is 25.4 Å². The van der Waals surface area contributed by atoms with E-state index in [1.807, 2.05) is 27.7 Å². The molecule has 1 saturated carbocycles. The SMILES string of the molecule is CCOC1CC(N)(C(=O)Nc2cc(C)cnc2Cl)C1(C)C. The van der Waals surface area contributed by atoms with Gasteiger partial charge in [-0.3, -0.25) is 4.79 Å². The Balaban J connectivity index is 2.16. The first kappa shape index (κ1) is 16.2. The zero-order valence-corrected chi connectivity index (χ0v) is 13.6. The van der Waals surface area contributed by atoms with E-state index >= 15 is 0 Å². The Morgan fingerprint density at radius 1 is 1.62 bits per heavy atom. The minimum Gasteiger partial charge on any atom is -0.378 e. The lowest BCUT2D eigenvalue weighted by atomic mass is 9.54. The van der Waals surface area contributed by atoms with Crippen LogP contribution in [0.1, 0.15) is 32.8 Å². The van der Waals surface area contributed by atoms with Crippen molar-refractivity contribution in [3.05, 3.63) is 23.0 Å². The second kappa shape index (κ2) is 5.55. The molecular weight excluding hydrogens is 290 g/mol. The number of hydrogen-bond acceptors (Lipinski definition) is 4. The van der Waals surface area contributed by atoms with E-state index in [2.05, 4.69) is 10.3 Å². The lowest BCUT2D eigenvalue weighted by Crippen LogP contribution is -2.74. The molecule has 0 radical (unpaired) electrons. The molecule has 3 N–H and O–H groups in total. The van der Waals surface area contributed by atoms with E-state index in [9.17, 15) is 4.79 Å². The van der Waals surface area contributed by atoms with Crippen molar-refractivity contribution in [3.63, 3.8) is 0 Å². The van der Waals surface area contributed by atoms with Crippen molar-refractivity contribution in [1.29, 1.82) is 0 Å². The monoisotopic (exact) mass is 311 g/mol. The molecule has 116 valence electrons. The third kappa shape index (κ3) is 2.65. The molecule has 0 bridgehead atoms. The Labute approximate surface area is 130 Å². The van der Waals surface area contributed by atoms with Crippen LogP contribution in [-0.4, -0.2) is 29.1 Å². The Morgan fingerprint density at radius 3 is 2.86 bits per heavy atom. The largest absolute Gasteiger partial charge is 0.378 e. The molecule has 1 aromatic rings. The highest BCUT2D eigenvalue weighted by Gasteiger charge is 2.62. The van der Waals surface area contributed by atoms with E-state index in [0.29, 0.717) is 18.7 Å². The van der Waals surface area contributed by atoms with Crippen LogP contribution < -0.4 is 11.1 Å². The molecule has 0 spiro atoms. The van der Waals surface area contributed by atoms with E-state index in [-0.39, 0.29) is 17.2 Å². The van der Waals surface area contributed by atoms with Crippen molar-refractivity contribution in [2.24, 2.45) is 11.1 Å². The van der Waals surface area contributed by atoms with E-state index in [1.54, 1.807) is 12.3 Å². The molecule has 2 atom stereocenters. The molecule has 0 saturated heterocycles. The molecule has 1 aromatic heterocycles. The number of aryl methyl sites for hydroxylation is 1. The summed E-state index contributed by atoms with van der Waals surface area (Å²) in [5, 5.41) is 3.06. The van der Waals surface area contributed by atoms with Crippen LogP contribution >= 0.6 is 11.6 Å². The van der Waals surface area contributed by atoms with Crippen molar-refractivity contribution in [2.75, 3.05) is 11.9 Å². The number of aromatic nitrogens is 1. The third-order valence-electron chi connectivity index (χ3n) is 4.46. The quantitative estimate of drug-likeness (QED) is 0.838. The molecule has 2 unspecified atom stereocenters. The average molecular weight is 312 g/mol. The molecule has 2 rings (SSSR count). The number of nitrogens with zero attached hydrogens (tertiary/aromatic N) is 1. The van der Waals surface area contributed by atoms with Crippen molar-refractivity contribution in [3.8, 4) is 0 Å². The Hall–Kier alpha value is -1.17. The number of halogens is 1. The third-order valence-corrected chi connectivity index (χ3v) is 4.76. The lowest BCUT2D eigenvalue weighted by molar-refractivity contribution is -0.166. The van der Waals surface area contributed by atoms with Crippen LogP contribution in [0.2, 0.25) is 5.15 Å². The van der Waals surface area contributed by atoms with Gasteiger partial charge in [-0.25, -0.2) is 4.98 Å². The van der Waals surface area contributed by atoms with Crippen LogP contribution in [0.5, 0.6) is 0 Å². The fraction of sp³-hybridized carbons (Fsp3) is 0.600. The van der Waals surface area contributed by atoms with Gasteiger partial charge in [0.05, 0.1) is 11.8 Å². The van der Waals surface area contributed by atoms with Crippen molar-refractivity contribution in [1.82, 2.24) is 4.98 Å². The number of nitrogens with one attached hydrogen (secondary N) is 1. The fourth-order valence-electron chi connectivity index (χ4n) is 2.69. The van der Waals surface area contributed by atoms with Crippen LogP contribution in [0, 0.1) is 12.3 Å². The smallest absolute Gasteiger partial charge is 0.245 e. The fourth-order valence-corrected chi connectivity index (χ4v) is 2.85. The lowest BCUT2D eigenvalue weighted by Gasteiger charge is -2.57. The second-order valence-electron chi connectivity index (χ2n) is 6.15. The van der Waals surface area contributed by atoms with Crippen LogP contribution in [0.25, 0.3) is 0 Å². The standard InChI is InChI=1S/C15H22ClN3O2/c1-5-21-11-7-15(17,14(11,3)4)13(20)19-10-6-9(2)8-18-12(10)16/h6,8,11H,5,7,17H2,1-4H3,(H,19,20). The van der Waals surface area contributed by atoms with Gasteiger partial charge in [0.2, 0.25) is 5.91 Å². The summed E-state index contributed by atoms with van der Waals surface area (Å²) < 4.78 is 5.63. The number of hydrogen-bond donors (Lipinski definition) is 2. The van der Waals surface area contributed by atoms with E-state index in [0.717, 1.165) is 5.56 Å². The van der Waals surface area contributed by atoms with Crippen LogP contribution in [0.4, 0.5) is 5.69 Å². The minimum absolute atomic E-state index is 0.00986. The minimum atomic E-state index is -0.972. The number of carbonyl (C=O) groups excluding carboxylic acids is 1. The van der Waals surface area contributed by atoms with E-state index < -0.39 is 11.0 Å². The number of rotatable bonds is 4. The van der Waals surface area contributed by atoms with Gasteiger partial charge < -0.3 is 15.8 Å². The molecule has 6 heteroatoms. The number of amides is 1. The van der Waals surface area contributed by atoms with Gasteiger partial charge >= 0.3 is 0 Å². The van der Waals surface area contributed by atoms with Gasteiger partial charge in [-0.05, 0) is 25.5 Å². The number of carbonyl (C=O) groups is 1. The molecule has 1 amide bonds. The summed E-state index contributed by atoms with van der Waals surface area (Å²) in [5.74, 6) is -0.252. The predicted molar refractivity (Wildman–Crippen MR) is 83.3 cm³/mol.